The van der Waals surface area contributed by atoms with Crippen LogP contribution in [0.3, 0.4) is 0 Å². The molecule has 0 aliphatic carbocycles. The third-order valence-corrected chi connectivity index (χ3v) is 3.56. The molecule has 0 bridgehead atoms. The lowest BCUT2D eigenvalue weighted by Gasteiger charge is -2.19. The highest BCUT2D eigenvalue weighted by molar-refractivity contribution is 7.99. The molecule has 16 heavy (non-hydrogen) atoms. The highest BCUT2D eigenvalue weighted by atomic mass is 32.2. The van der Waals surface area contributed by atoms with Crippen LogP contribution in [-0.2, 0) is 0 Å². The SMILES string of the molecule is Cc1ccc2c(c1)Oc1cc(F)ccc1S2. The molecule has 1 aliphatic heterocycles. The molecule has 1 heterocycles. The number of ether oxygens (including phenoxy) is 1. The van der Waals surface area contributed by atoms with Crippen LogP contribution in [0, 0.1) is 12.7 Å². The molecule has 0 saturated carbocycles. The number of fused-ring (bicyclic) bond motifs is 2. The minimum atomic E-state index is -0.268. The van der Waals surface area contributed by atoms with E-state index in [4.69, 9.17) is 4.74 Å². The molecule has 80 valence electrons. The summed E-state index contributed by atoms with van der Waals surface area (Å²) >= 11 is 1.61. The van der Waals surface area contributed by atoms with Gasteiger partial charge in [0.15, 0.2) is 0 Å². The van der Waals surface area contributed by atoms with Crippen molar-refractivity contribution < 1.29 is 9.13 Å². The topological polar surface area (TPSA) is 9.23 Å². The first-order valence-corrected chi connectivity index (χ1v) is 5.80. The molecule has 0 spiro atoms. The van der Waals surface area contributed by atoms with Gasteiger partial charge in [0.1, 0.15) is 17.3 Å². The first-order valence-electron chi connectivity index (χ1n) is 4.98. The number of hydrogen-bond donors (Lipinski definition) is 0. The first kappa shape index (κ1) is 9.73. The summed E-state index contributed by atoms with van der Waals surface area (Å²) in [6.45, 7) is 2.01. The van der Waals surface area contributed by atoms with E-state index >= 15 is 0 Å². The van der Waals surface area contributed by atoms with Gasteiger partial charge in [0.05, 0.1) is 9.79 Å². The number of benzene rings is 2. The van der Waals surface area contributed by atoms with E-state index in [9.17, 15) is 4.39 Å². The lowest BCUT2D eigenvalue weighted by molar-refractivity contribution is 0.449. The average Bonchev–Trinajstić information content (AvgIpc) is 2.26. The van der Waals surface area contributed by atoms with Gasteiger partial charge in [0, 0.05) is 6.07 Å². The van der Waals surface area contributed by atoms with E-state index in [2.05, 4.69) is 0 Å². The Balaban J connectivity index is 2.10. The second kappa shape index (κ2) is 3.52. The number of rotatable bonds is 0. The third-order valence-electron chi connectivity index (χ3n) is 2.44. The normalized spacial score (nSPS) is 12.6. The number of hydrogen-bond acceptors (Lipinski definition) is 2. The molecule has 0 N–H and O–H groups in total. The van der Waals surface area contributed by atoms with Crippen LogP contribution in [0.1, 0.15) is 5.56 Å². The Morgan fingerprint density at radius 3 is 2.50 bits per heavy atom. The minimum absolute atomic E-state index is 0.268. The van der Waals surface area contributed by atoms with Crippen LogP contribution in [0.4, 0.5) is 4.39 Å². The van der Waals surface area contributed by atoms with Crippen LogP contribution >= 0.6 is 11.8 Å². The van der Waals surface area contributed by atoms with Crippen LogP contribution in [0.25, 0.3) is 0 Å². The summed E-state index contributed by atoms with van der Waals surface area (Å²) in [6, 6.07) is 10.7. The van der Waals surface area contributed by atoms with Crippen molar-refractivity contribution in [3.63, 3.8) is 0 Å². The fourth-order valence-corrected chi connectivity index (χ4v) is 2.57. The zero-order chi connectivity index (χ0) is 11.1. The van der Waals surface area contributed by atoms with Crippen molar-refractivity contribution in [2.24, 2.45) is 0 Å². The minimum Gasteiger partial charge on any atom is -0.455 e. The summed E-state index contributed by atoms with van der Waals surface area (Å²) in [4.78, 5) is 2.03. The molecule has 0 unspecified atom stereocenters. The van der Waals surface area contributed by atoms with E-state index in [1.807, 2.05) is 25.1 Å². The molecule has 0 saturated heterocycles. The fourth-order valence-electron chi connectivity index (χ4n) is 1.66. The van der Waals surface area contributed by atoms with Crippen LogP contribution in [0.5, 0.6) is 11.5 Å². The summed E-state index contributed by atoms with van der Waals surface area (Å²) in [7, 11) is 0. The lowest BCUT2D eigenvalue weighted by Crippen LogP contribution is -1.95. The van der Waals surface area contributed by atoms with E-state index in [1.54, 1.807) is 17.8 Å². The fraction of sp³-hybridized carbons (Fsp3) is 0.0769. The molecule has 1 aliphatic rings. The Morgan fingerprint density at radius 1 is 1.00 bits per heavy atom. The van der Waals surface area contributed by atoms with Gasteiger partial charge in [0.25, 0.3) is 0 Å². The zero-order valence-electron chi connectivity index (χ0n) is 8.66. The molecule has 3 heteroatoms. The van der Waals surface area contributed by atoms with E-state index in [0.717, 1.165) is 21.1 Å². The first-order chi connectivity index (χ1) is 7.72. The maximum atomic E-state index is 13.1. The van der Waals surface area contributed by atoms with Crippen LogP contribution in [0.2, 0.25) is 0 Å². The smallest absolute Gasteiger partial charge is 0.144 e. The Hall–Kier alpha value is -1.48. The molecule has 0 fully saturated rings. The monoisotopic (exact) mass is 232 g/mol. The highest BCUT2D eigenvalue weighted by Crippen LogP contribution is 2.47. The van der Waals surface area contributed by atoms with E-state index in [-0.39, 0.29) is 5.82 Å². The Bertz CT molecular complexity index is 516. The van der Waals surface area contributed by atoms with Crippen molar-refractivity contribution in [1.82, 2.24) is 0 Å². The molecule has 3 rings (SSSR count). The second-order valence-corrected chi connectivity index (χ2v) is 4.83. The zero-order valence-corrected chi connectivity index (χ0v) is 9.48. The van der Waals surface area contributed by atoms with Gasteiger partial charge < -0.3 is 4.74 Å². The van der Waals surface area contributed by atoms with E-state index in [1.165, 1.54) is 12.1 Å². The number of aryl methyl sites for hydroxylation is 1. The summed E-state index contributed by atoms with van der Waals surface area (Å²) < 4.78 is 18.7. The summed E-state index contributed by atoms with van der Waals surface area (Å²) in [6.07, 6.45) is 0. The van der Waals surface area contributed by atoms with Gasteiger partial charge >= 0.3 is 0 Å². The molecule has 0 aromatic heterocycles. The molecule has 1 nitrogen and oxygen atoms in total. The predicted octanol–water partition coefficient (Wildman–Crippen LogP) is 4.39. The Morgan fingerprint density at radius 2 is 1.69 bits per heavy atom. The second-order valence-electron chi connectivity index (χ2n) is 3.75. The quantitative estimate of drug-likeness (QED) is 0.568. The maximum Gasteiger partial charge on any atom is 0.144 e. The van der Waals surface area contributed by atoms with Crippen molar-refractivity contribution in [2.75, 3.05) is 0 Å². The van der Waals surface area contributed by atoms with Gasteiger partial charge in [-0.2, -0.15) is 0 Å². The predicted molar refractivity (Wildman–Crippen MR) is 61.8 cm³/mol. The average molecular weight is 232 g/mol. The molecule has 2 aromatic rings. The van der Waals surface area contributed by atoms with Gasteiger partial charge in [-0.15, -0.1) is 0 Å². The molecule has 2 aromatic carbocycles. The Kier molecular flexibility index (Phi) is 2.14. The van der Waals surface area contributed by atoms with Crippen molar-refractivity contribution >= 4 is 11.8 Å². The van der Waals surface area contributed by atoms with Crippen molar-refractivity contribution in [3.05, 3.63) is 47.8 Å². The van der Waals surface area contributed by atoms with Crippen LogP contribution in [-0.4, -0.2) is 0 Å². The van der Waals surface area contributed by atoms with Gasteiger partial charge in [-0.3, -0.25) is 0 Å². The summed E-state index contributed by atoms with van der Waals surface area (Å²) in [5, 5.41) is 0. The lowest BCUT2D eigenvalue weighted by atomic mass is 10.2. The highest BCUT2D eigenvalue weighted by Gasteiger charge is 2.17. The molecular formula is C13H9FOS. The van der Waals surface area contributed by atoms with Gasteiger partial charge in [-0.1, -0.05) is 17.8 Å². The van der Waals surface area contributed by atoms with Gasteiger partial charge in [-0.25, -0.2) is 4.39 Å². The molecule has 0 amide bonds. The van der Waals surface area contributed by atoms with Crippen molar-refractivity contribution in [2.45, 2.75) is 16.7 Å². The number of halogens is 1. The van der Waals surface area contributed by atoms with Gasteiger partial charge in [0.2, 0.25) is 0 Å². The summed E-state index contributed by atoms with van der Waals surface area (Å²) in [5.74, 6) is 1.14. The standard InChI is InChI=1S/C13H9FOS/c1-8-2-4-12-10(6-8)15-11-7-9(14)3-5-13(11)16-12/h2-7H,1H3. The van der Waals surface area contributed by atoms with E-state index < -0.39 is 0 Å². The van der Waals surface area contributed by atoms with E-state index in [0.29, 0.717) is 5.75 Å². The molecule has 0 atom stereocenters. The van der Waals surface area contributed by atoms with Crippen LogP contribution in [0.15, 0.2) is 46.2 Å². The van der Waals surface area contributed by atoms with Crippen LogP contribution < -0.4 is 4.74 Å². The van der Waals surface area contributed by atoms with Crippen molar-refractivity contribution in [1.29, 1.82) is 0 Å². The molecule has 0 radical (unpaired) electrons. The molecular weight excluding hydrogens is 223 g/mol. The van der Waals surface area contributed by atoms with Crippen molar-refractivity contribution in [3.8, 4) is 11.5 Å². The van der Waals surface area contributed by atoms with Gasteiger partial charge in [-0.05, 0) is 36.8 Å². The third kappa shape index (κ3) is 1.57. The maximum absolute atomic E-state index is 13.1. The Labute approximate surface area is 97.2 Å². The summed E-state index contributed by atoms with van der Waals surface area (Å²) in [5.41, 5.74) is 1.14. The largest absolute Gasteiger partial charge is 0.455 e.